The minimum atomic E-state index is -0.722. The van der Waals surface area contributed by atoms with Gasteiger partial charge < -0.3 is 25.8 Å². The van der Waals surface area contributed by atoms with Crippen LogP contribution in [0.4, 0.5) is 10.1 Å². The molecule has 0 bridgehead atoms. The lowest BCUT2D eigenvalue weighted by Gasteiger charge is -2.11. The number of likely N-dealkylation sites (tertiary alicyclic amines) is 1. The average Bonchev–Trinajstić information content (AvgIpc) is 3.05. The van der Waals surface area contributed by atoms with Crippen molar-refractivity contribution in [2.45, 2.75) is 12.5 Å². The lowest BCUT2D eigenvalue weighted by Crippen LogP contribution is -2.24. The molecule has 1 atom stereocenters. The third-order valence-electron chi connectivity index (χ3n) is 4.56. The number of aromatic nitrogens is 1. The van der Waals surface area contributed by atoms with E-state index in [1.165, 1.54) is 23.1 Å². The number of hydrogen-bond acceptors (Lipinski definition) is 6. The zero-order chi connectivity index (χ0) is 23.0. The molecule has 1 saturated heterocycles. The number of nitrogens with zero attached hydrogens (tertiary/aromatic N) is 2. The Bertz CT molecular complexity index is 978. The van der Waals surface area contributed by atoms with Gasteiger partial charge in [-0.1, -0.05) is 5.92 Å². The lowest BCUT2D eigenvalue weighted by atomic mass is 10.1. The predicted octanol–water partition coefficient (Wildman–Crippen LogP) is 1.24. The monoisotopic (exact) mass is 428 g/mol. The predicted molar refractivity (Wildman–Crippen MR) is 115 cm³/mol. The van der Waals surface area contributed by atoms with Gasteiger partial charge in [0.15, 0.2) is 5.69 Å². The molecule has 1 aromatic carbocycles. The van der Waals surface area contributed by atoms with Crippen molar-refractivity contribution in [3.63, 3.8) is 0 Å². The van der Waals surface area contributed by atoms with E-state index in [-0.39, 0.29) is 22.9 Å². The maximum atomic E-state index is 14.0. The van der Waals surface area contributed by atoms with Crippen molar-refractivity contribution < 1.29 is 23.8 Å². The third kappa shape index (κ3) is 6.25. The summed E-state index contributed by atoms with van der Waals surface area (Å²) in [5, 5.41) is 11.8. The van der Waals surface area contributed by atoms with Crippen molar-refractivity contribution in [2.24, 2.45) is 5.73 Å². The Hall–Kier alpha value is -3.48. The number of halogens is 1. The number of rotatable bonds is 6. The molecule has 1 aromatic heterocycles. The van der Waals surface area contributed by atoms with E-state index >= 15 is 0 Å². The zero-order valence-electron chi connectivity index (χ0n) is 17.4. The van der Waals surface area contributed by atoms with Gasteiger partial charge in [0.1, 0.15) is 11.9 Å². The molecule has 8 nitrogen and oxygen atoms in total. The highest BCUT2D eigenvalue weighted by Gasteiger charge is 2.26. The number of amides is 2. The number of hydrogen-bond donors (Lipinski definition) is 3. The number of ether oxygens (including phenoxy) is 1. The number of nitrogens with one attached hydrogen (secondary N) is 1. The molecular weight excluding hydrogens is 403 g/mol. The second-order valence-electron chi connectivity index (χ2n) is 6.78. The van der Waals surface area contributed by atoms with Crippen molar-refractivity contribution in [3.8, 4) is 23.6 Å². The maximum absolute atomic E-state index is 14.0. The second kappa shape index (κ2) is 11.1. The Kier molecular flexibility index (Phi) is 8.49. The van der Waals surface area contributed by atoms with Crippen molar-refractivity contribution in [1.29, 1.82) is 0 Å². The van der Waals surface area contributed by atoms with E-state index in [4.69, 9.17) is 22.0 Å². The van der Waals surface area contributed by atoms with Gasteiger partial charge in [-0.05, 0) is 36.8 Å². The summed E-state index contributed by atoms with van der Waals surface area (Å²) in [6.07, 6.45) is 5.20. The molecular formula is C22H25FN4O4. The quantitative estimate of drug-likeness (QED) is 0.471. The van der Waals surface area contributed by atoms with E-state index in [0.29, 0.717) is 37.4 Å². The van der Waals surface area contributed by atoms with Gasteiger partial charge in [0, 0.05) is 38.4 Å². The molecule has 0 radical (unpaired) electrons. The number of likely N-dealkylation sites (N-methyl/N-ethyl adjacent to an activating group) is 1. The van der Waals surface area contributed by atoms with E-state index < -0.39 is 17.8 Å². The molecule has 1 aliphatic rings. The van der Waals surface area contributed by atoms with Gasteiger partial charge in [0.25, 0.3) is 11.8 Å². The lowest BCUT2D eigenvalue weighted by molar-refractivity contribution is -0.133. The van der Waals surface area contributed by atoms with Crippen LogP contribution in [0.25, 0.3) is 11.3 Å². The highest BCUT2D eigenvalue weighted by atomic mass is 19.1. The number of carbonyl (C=O) groups is 2. The Morgan fingerprint density at radius 2 is 2.19 bits per heavy atom. The van der Waals surface area contributed by atoms with Crippen molar-refractivity contribution in [3.05, 3.63) is 47.4 Å². The number of nitrogens with two attached hydrogens (primary N) is 1. The summed E-state index contributed by atoms with van der Waals surface area (Å²) in [6, 6.07) is 7.48. The van der Waals surface area contributed by atoms with Gasteiger partial charge >= 0.3 is 0 Å². The Morgan fingerprint density at radius 3 is 2.71 bits per heavy atom. The summed E-state index contributed by atoms with van der Waals surface area (Å²) in [5.74, 6) is 1.10. The number of aliphatic hydroxyl groups is 1. The largest absolute Gasteiger partial charge is 0.383 e. The maximum Gasteiger partial charge on any atom is 0.269 e. The highest BCUT2D eigenvalue weighted by Crippen LogP contribution is 2.25. The van der Waals surface area contributed by atoms with Gasteiger partial charge in [-0.25, -0.2) is 9.37 Å². The first-order valence-corrected chi connectivity index (χ1v) is 9.51. The highest BCUT2D eigenvalue weighted by molar-refractivity contribution is 5.97. The number of aliphatic hydroxyl groups excluding tert-OH is 1. The minimum Gasteiger partial charge on any atom is -0.383 e. The molecule has 0 unspecified atom stereocenters. The Balaban J connectivity index is 0.000000357. The van der Waals surface area contributed by atoms with Gasteiger partial charge in [-0.2, -0.15) is 0 Å². The first-order valence-electron chi connectivity index (χ1n) is 9.51. The van der Waals surface area contributed by atoms with Crippen LogP contribution in [0.3, 0.4) is 0 Å². The third-order valence-corrected chi connectivity index (χ3v) is 4.56. The first-order chi connectivity index (χ1) is 14.8. The summed E-state index contributed by atoms with van der Waals surface area (Å²) < 4.78 is 18.9. The molecule has 2 amide bonds. The Morgan fingerprint density at radius 1 is 1.45 bits per heavy atom. The SMILES string of the molecule is C#Cc1ccc(F)c(-c2ccc(NCCOC)c(C(N)=O)n2)c1.CN1CC[C@H](O)C1=O. The summed E-state index contributed by atoms with van der Waals surface area (Å²) >= 11 is 0. The van der Waals surface area contributed by atoms with Crippen LogP contribution in [0.1, 0.15) is 22.5 Å². The number of anilines is 1. The summed E-state index contributed by atoms with van der Waals surface area (Å²) in [4.78, 5) is 27.9. The number of benzene rings is 1. The molecule has 1 fully saturated rings. The second-order valence-corrected chi connectivity index (χ2v) is 6.78. The van der Waals surface area contributed by atoms with Gasteiger partial charge in [0.2, 0.25) is 0 Å². The van der Waals surface area contributed by atoms with Crippen molar-refractivity contribution in [2.75, 3.05) is 39.2 Å². The summed E-state index contributed by atoms with van der Waals surface area (Å²) in [5.41, 5.74) is 6.87. The number of carbonyl (C=O) groups excluding carboxylic acids is 2. The average molecular weight is 428 g/mol. The van der Waals surface area contributed by atoms with E-state index in [2.05, 4.69) is 16.2 Å². The Labute approximate surface area is 180 Å². The molecule has 1 aliphatic heterocycles. The molecule has 2 heterocycles. The fourth-order valence-electron chi connectivity index (χ4n) is 2.84. The molecule has 9 heteroatoms. The van der Waals surface area contributed by atoms with Crippen LogP contribution >= 0.6 is 0 Å². The van der Waals surface area contributed by atoms with Gasteiger partial charge in [-0.15, -0.1) is 6.42 Å². The van der Waals surface area contributed by atoms with Crippen molar-refractivity contribution >= 4 is 17.5 Å². The van der Waals surface area contributed by atoms with Crippen LogP contribution in [-0.4, -0.2) is 66.8 Å². The summed E-state index contributed by atoms with van der Waals surface area (Å²) in [7, 11) is 3.26. The molecule has 3 rings (SSSR count). The van der Waals surface area contributed by atoms with E-state index in [9.17, 15) is 14.0 Å². The van der Waals surface area contributed by atoms with Crippen molar-refractivity contribution in [1.82, 2.24) is 9.88 Å². The van der Waals surface area contributed by atoms with Crippen LogP contribution in [0.2, 0.25) is 0 Å². The first kappa shape index (κ1) is 23.8. The van der Waals surface area contributed by atoms with Gasteiger partial charge in [0.05, 0.1) is 18.0 Å². The molecule has 31 heavy (non-hydrogen) atoms. The fraction of sp³-hybridized carbons (Fsp3) is 0.318. The number of pyridine rings is 1. The van der Waals surface area contributed by atoms with E-state index in [0.717, 1.165) is 0 Å². The number of terminal acetylenes is 1. The molecule has 2 aromatic rings. The van der Waals surface area contributed by atoms with Crippen LogP contribution in [0.15, 0.2) is 30.3 Å². The van der Waals surface area contributed by atoms with Gasteiger partial charge in [-0.3, -0.25) is 9.59 Å². The van der Waals surface area contributed by atoms with Crippen LogP contribution in [-0.2, 0) is 9.53 Å². The fourth-order valence-corrected chi connectivity index (χ4v) is 2.84. The van der Waals surface area contributed by atoms with Crippen LogP contribution < -0.4 is 11.1 Å². The molecule has 4 N–H and O–H groups in total. The van der Waals surface area contributed by atoms with E-state index in [1.54, 1.807) is 26.3 Å². The number of primary amides is 1. The van der Waals surface area contributed by atoms with Crippen LogP contribution in [0.5, 0.6) is 0 Å². The topological polar surface area (TPSA) is 118 Å². The normalized spacial score (nSPS) is 15.1. The molecule has 0 aliphatic carbocycles. The molecule has 0 spiro atoms. The smallest absolute Gasteiger partial charge is 0.269 e. The zero-order valence-corrected chi connectivity index (χ0v) is 17.4. The standard InChI is InChI=1S/C17H16FN3O2.C5H9NO2/c1-3-11-4-5-13(18)12(10-11)14-6-7-15(20-8-9-23-2)16(21-14)17(19)22;1-6-3-2-4(7)5(6)8/h1,4-7,10,20H,8-9H2,2H3,(H2,19,22);4,7H,2-3H2,1H3/t;4-/m.0/s1. The molecule has 0 saturated carbocycles. The van der Waals surface area contributed by atoms with E-state index in [1.807, 2.05) is 0 Å². The number of methoxy groups -OCH3 is 1. The minimum absolute atomic E-state index is 0.0316. The molecule has 164 valence electrons. The van der Waals surface area contributed by atoms with Crippen LogP contribution in [0, 0.1) is 18.2 Å². The summed E-state index contributed by atoms with van der Waals surface area (Å²) in [6.45, 7) is 1.64.